The summed E-state index contributed by atoms with van der Waals surface area (Å²) in [5.74, 6) is -1.42. The number of carboxylic acid groups (broad SMARTS) is 1. The van der Waals surface area contributed by atoms with Gasteiger partial charge >= 0.3 is 35.7 Å². The number of amides is 1. The molecule has 0 saturated heterocycles. The van der Waals surface area contributed by atoms with Crippen LogP contribution in [-0.2, 0) is 17.4 Å². The predicted octanol–water partition coefficient (Wildman–Crippen LogP) is 2.40. The van der Waals surface area contributed by atoms with Crippen LogP contribution >= 0.6 is 23.2 Å². The fourth-order valence-electron chi connectivity index (χ4n) is 3.85. The number of hydrogen-bond donors (Lipinski definition) is 1. The third kappa shape index (κ3) is 7.15. The molecule has 0 fully saturated rings. The molecular formula is C26H19Cl2F3NNaO5. The fraction of sp³-hybridized carbons (Fsp3) is 0.231. The normalized spacial score (nSPS) is 14.5. The van der Waals surface area contributed by atoms with Gasteiger partial charge in [0.05, 0.1) is 17.2 Å². The van der Waals surface area contributed by atoms with Crippen LogP contribution in [0, 0.1) is 0 Å². The summed E-state index contributed by atoms with van der Waals surface area (Å²) in [6.07, 6.45) is -3.94. The number of alkyl halides is 3. The van der Waals surface area contributed by atoms with Crippen LogP contribution in [0.25, 0.3) is 0 Å². The maximum Gasteiger partial charge on any atom is 1.00 e. The Morgan fingerprint density at radius 1 is 1.05 bits per heavy atom. The van der Waals surface area contributed by atoms with Crippen LogP contribution < -0.4 is 49.5 Å². The van der Waals surface area contributed by atoms with Crippen molar-refractivity contribution in [2.45, 2.75) is 24.9 Å². The van der Waals surface area contributed by atoms with E-state index in [0.717, 1.165) is 12.1 Å². The average Bonchev–Trinajstić information content (AvgIpc) is 2.84. The van der Waals surface area contributed by atoms with Crippen molar-refractivity contribution < 1.29 is 66.9 Å². The molecule has 3 aromatic carbocycles. The van der Waals surface area contributed by atoms with Crippen LogP contribution in [0.5, 0.6) is 17.2 Å². The van der Waals surface area contributed by atoms with Crippen LogP contribution in [-0.4, -0.2) is 25.0 Å². The van der Waals surface area contributed by atoms with E-state index in [1.807, 2.05) is 0 Å². The topological polar surface area (TPSA) is 87.7 Å². The molecule has 1 aliphatic rings. The van der Waals surface area contributed by atoms with Crippen molar-refractivity contribution in [2.75, 3.05) is 13.2 Å². The molecule has 1 aliphatic heterocycles. The van der Waals surface area contributed by atoms with E-state index < -0.39 is 23.6 Å². The minimum Gasteiger partial charge on any atom is -0.549 e. The molecule has 1 unspecified atom stereocenters. The Balaban J connectivity index is 0.00000400. The first kappa shape index (κ1) is 30.1. The molecule has 0 bridgehead atoms. The summed E-state index contributed by atoms with van der Waals surface area (Å²) in [6, 6.07) is 12.3. The molecule has 0 aromatic heterocycles. The Morgan fingerprint density at radius 2 is 1.76 bits per heavy atom. The van der Waals surface area contributed by atoms with Gasteiger partial charge in [0.15, 0.2) is 0 Å². The van der Waals surface area contributed by atoms with E-state index in [1.165, 1.54) is 30.3 Å². The van der Waals surface area contributed by atoms with E-state index >= 15 is 0 Å². The second kappa shape index (κ2) is 12.6. The minimum atomic E-state index is -4.48. The molecule has 1 N–H and O–H groups in total. The Morgan fingerprint density at radius 3 is 2.39 bits per heavy atom. The number of rotatable bonds is 7. The number of aliphatic carboxylic acids is 1. The van der Waals surface area contributed by atoms with E-state index in [0.29, 0.717) is 28.2 Å². The van der Waals surface area contributed by atoms with Crippen molar-refractivity contribution >= 4 is 35.1 Å². The Hall–Kier alpha value is -2.43. The number of carbonyl (C=O) groups is 2. The van der Waals surface area contributed by atoms with Crippen LogP contribution in [0.4, 0.5) is 13.2 Å². The zero-order valence-corrected chi connectivity index (χ0v) is 23.5. The van der Waals surface area contributed by atoms with Gasteiger partial charge in [-0.25, -0.2) is 0 Å². The molecule has 194 valence electrons. The fourth-order valence-corrected chi connectivity index (χ4v) is 4.34. The van der Waals surface area contributed by atoms with Gasteiger partial charge in [0, 0.05) is 40.6 Å². The van der Waals surface area contributed by atoms with Gasteiger partial charge in [-0.1, -0.05) is 29.3 Å². The predicted molar refractivity (Wildman–Crippen MR) is 128 cm³/mol. The van der Waals surface area contributed by atoms with Gasteiger partial charge in [-0.3, -0.25) is 4.79 Å². The number of benzene rings is 3. The van der Waals surface area contributed by atoms with Gasteiger partial charge < -0.3 is 24.7 Å². The molecule has 0 aliphatic carbocycles. The number of fused-ring (bicyclic) bond motifs is 1. The number of nitrogens with one attached hydrogen (secondary N) is 1. The average molecular weight is 576 g/mol. The zero-order valence-electron chi connectivity index (χ0n) is 20.0. The number of ether oxygens (including phenoxy) is 2. The molecule has 1 atom stereocenters. The first-order valence-corrected chi connectivity index (χ1v) is 11.9. The van der Waals surface area contributed by atoms with Gasteiger partial charge in [-0.05, 0) is 60.9 Å². The van der Waals surface area contributed by atoms with Gasteiger partial charge in [-0.2, -0.15) is 13.2 Å². The van der Waals surface area contributed by atoms with Crippen molar-refractivity contribution in [2.24, 2.45) is 0 Å². The standard InChI is InChI=1S/C26H20Cl2F3NO5.Na/c27-20-11-16(26(29,30)31)4-1-14(20)7-9-32-24(33)15-2-5-17(6-3-15)37-23-13-22-19(12-21(23)28)18(25(34)35)8-10-36-22;/h1-6,11-13,18H,7-10H2,(H,32,33)(H,34,35);/q;+1/p-1. The van der Waals surface area contributed by atoms with E-state index in [9.17, 15) is 27.9 Å². The molecule has 0 spiro atoms. The quantitative estimate of drug-likeness (QED) is 0.437. The van der Waals surface area contributed by atoms with Crippen molar-refractivity contribution in [1.82, 2.24) is 5.32 Å². The molecule has 1 amide bonds. The second-order valence-electron chi connectivity index (χ2n) is 8.27. The Kier molecular flexibility index (Phi) is 10.00. The number of halogens is 5. The van der Waals surface area contributed by atoms with Crippen molar-refractivity contribution in [3.05, 3.63) is 86.9 Å². The molecule has 6 nitrogen and oxygen atoms in total. The smallest absolute Gasteiger partial charge is 0.549 e. The molecule has 12 heteroatoms. The van der Waals surface area contributed by atoms with Gasteiger partial charge in [-0.15, -0.1) is 0 Å². The van der Waals surface area contributed by atoms with Crippen LogP contribution in [0.2, 0.25) is 10.0 Å². The number of carbonyl (C=O) groups excluding carboxylic acids is 2. The van der Waals surface area contributed by atoms with Gasteiger partial charge in [0.1, 0.15) is 17.2 Å². The largest absolute Gasteiger partial charge is 1.00 e. The second-order valence-corrected chi connectivity index (χ2v) is 9.08. The summed E-state index contributed by atoms with van der Waals surface area (Å²) in [4.78, 5) is 23.8. The third-order valence-electron chi connectivity index (χ3n) is 5.79. The number of carboxylic acids is 1. The molecule has 38 heavy (non-hydrogen) atoms. The maximum atomic E-state index is 12.8. The summed E-state index contributed by atoms with van der Waals surface area (Å²) < 4.78 is 49.6. The van der Waals surface area contributed by atoms with Crippen molar-refractivity contribution in [1.29, 1.82) is 0 Å². The first-order chi connectivity index (χ1) is 17.5. The van der Waals surface area contributed by atoms with E-state index in [-0.39, 0.29) is 77.3 Å². The summed E-state index contributed by atoms with van der Waals surface area (Å²) in [5.41, 5.74) is 0.407. The molecule has 0 radical (unpaired) electrons. The van der Waals surface area contributed by atoms with Crippen LogP contribution in [0.1, 0.15) is 39.4 Å². The summed E-state index contributed by atoms with van der Waals surface area (Å²) >= 11 is 12.2. The molecule has 1 heterocycles. The molecule has 0 saturated carbocycles. The van der Waals surface area contributed by atoms with Crippen LogP contribution in [0.3, 0.4) is 0 Å². The molecule has 3 aromatic rings. The van der Waals surface area contributed by atoms with Gasteiger partial charge in [0.25, 0.3) is 5.91 Å². The van der Waals surface area contributed by atoms with Crippen molar-refractivity contribution in [3.8, 4) is 17.2 Å². The van der Waals surface area contributed by atoms with Crippen LogP contribution in [0.15, 0.2) is 54.6 Å². The van der Waals surface area contributed by atoms with Crippen molar-refractivity contribution in [3.63, 3.8) is 0 Å². The zero-order chi connectivity index (χ0) is 26.7. The maximum absolute atomic E-state index is 12.8. The minimum absolute atomic E-state index is 0. The van der Waals surface area contributed by atoms with E-state index in [2.05, 4.69) is 5.32 Å². The monoisotopic (exact) mass is 575 g/mol. The first-order valence-electron chi connectivity index (χ1n) is 11.1. The third-order valence-corrected chi connectivity index (χ3v) is 6.44. The number of hydrogen-bond acceptors (Lipinski definition) is 5. The SMILES string of the molecule is O=C(NCCc1ccc(C(F)(F)F)cc1Cl)c1ccc(Oc2cc3c(cc2Cl)C(C(=O)[O-])CCO3)cc1.[Na+]. The van der Waals surface area contributed by atoms with Gasteiger partial charge in [0.2, 0.25) is 0 Å². The van der Waals surface area contributed by atoms with E-state index in [1.54, 1.807) is 12.1 Å². The Bertz CT molecular complexity index is 1340. The summed E-state index contributed by atoms with van der Waals surface area (Å²) in [6.45, 7) is 0.390. The van der Waals surface area contributed by atoms with E-state index in [4.69, 9.17) is 32.7 Å². The Labute approximate surface area is 248 Å². The molecular weight excluding hydrogens is 557 g/mol. The molecule has 4 rings (SSSR count). The summed E-state index contributed by atoms with van der Waals surface area (Å²) in [5, 5.41) is 14.2. The summed E-state index contributed by atoms with van der Waals surface area (Å²) in [7, 11) is 0.